The Bertz CT molecular complexity index is 289. The monoisotopic (exact) mass is 209 g/mol. The van der Waals surface area contributed by atoms with Crippen molar-refractivity contribution in [3.63, 3.8) is 0 Å². The maximum atomic E-state index is 4.31. The van der Waals surface area contributed by atoms with E-state index in [1.54, 1.807) is 0 Å². The van der Waals surface area contributed by atoms with E-state index in [2.05, 4.69) is 44.3 Å². The standard InChI is InChI=1S/C12H23N3/c1-5-7-15-10-11(9-14-15)8-13-12(3,4)6-2/h9-10,13H,5-8H2,1-4H3. The molecule has 1 heterocycles. The summed E-state index contributed by atoms with van der Waals surface area (Å²) in [4.78, 5) is 0. The van der Waals surface area contributed by atoms with Gasteiger partial charge in [-0.2, -0.15) is 5.10 Å². The van der Waals surface area contributed by atoms with E-state index in [1.807, 2.05) is 10.9 Å². The molecule has 1 aromatic heterocycles. The summed E-state index contributed by atoms with van der Waals surface area (Å²) in [5.41, 5.74) is 1.48. The van der Waals surface area contributed by atoms with E-state index in [1.165, 1.54) is 5.56 Å². The van der Waals surface area contributed by atoms with Crippen molar-refractivity contribution >= 4 is 0 Å². The zero-order valence-electron chi connectivity index (χ0n) is 10.4. The predicted molar refractivity (Wildman–Crippen MR) is 63.7 cm³/mol. The van der Waals surface area contributed by atoms with Gasteiger partial charge in [0, 0.05) is 30.4 Å². The van der Waals surface area contributed by atoms with Crippen LogP contribution in [0.5, 0.6) is 0 Å². The van der Waals surface area contributed by atoms with Crippen LogP contribution in [0.3, 0.4) is 0 Å². The van der Waals surface area contributed by atoms with Crippen LogP contribution in [0.2, 0.25) is 0 Å². The van der Waals surface area contributed by atoms with Gasteiger partial charge in [-0.3, -0.25) is 4.68 Å². The van der Waals surface area contributed by atoms with Gasteiger partial charge >= 0.3 is 0 Å². The molecule has 0 radical (unpaired) electrons. The van der Waals surface area contributed by atoms with Crippen LogP contribution in [0, 0.1) is 0 Å². The van der Waals surface area contributed by atoms with E-state index in [0.29, 0.717) is 0 Å². The first-order valence-electron chi connectivity index (χ1n) is 5.83. The Morgan fingerprint density at radius 2 is 2.13 bits per heavy atom. The normalized spacial score (nSPS) is 12.0. The largest absolute Gasteiger partial charge is 0.308 e. The van der Waals surface area contributed by atoms with Gasteiger partial charge in [-0.05, 0) is 26.7 Å². The third-order valence-corrected chi connectivity index (χ3v) is 2.79. The lowest BCUT2D eigenvalue weighted by molar-refractivity contribution is 0.374. The molecule has 1 N–H and O–H groups in total. The number of nitrogens with zero attached hydrogens (tertiary/aromatic N) is 2. The molecular formula is C12H23N3. The molecule has 1 rings (SSSR count). The molecule has 3 nitrogen and oxygen atoms in total. The van der Waals surface area contributed by atoms with E-state index in [0.717, 1.165) is 25.9 Å². The summed E-state index contributed by atoms with van der Waals surface area (Å²) in [6.45, 7) is 10.7. The molecule has 1 aromatic rings. The van der Waals surface area contributed by atoms with Gasteiger partial charge in [0.25, 0.3) is 0 Å². The summed E-state index contributed by atoms with van der Waals surface area (Å²) >= 11 is 0. The third-order valence-electron chi connectivity index (χ3n) is 2.79. The van der Waals surface area contributed by atoms with Crippen LogP contribution < -0.4 is 5.32 Å². The molecule has 0 saturated carbocycles. The second kappa shape index (κ2) is 5.31. The lowest BCUT2D eigenvalue weighted by Gasteiger charge is -2.24. The molecule has 0 fully saturated rings. The van der Waals surface area contributed by atoms with Gasteiger partial charge in [0.15, 0.2) is 0 Å². The van der Waals surface area contributed by atoms with Gasteiger partial charge in [0.1, 0.15) is 0 Å². The van der Waals surface area contributed by atoms with E-state index in [4.69, 9.17) is 0 Å². The SMILES string of the molecule is CCCn1cc(CNC(C)(C)CC)cn1. The average Bonchev–Trinajstić information content (AvgIpc) is 2.64. The van der Waals surface area contributed by atoms with Crippen molar-refractivity contribution < 1.29 is 0 Å². The second-order valence-electron chi connectivity index (χ2n) is 4.70. The summed E-state index contributed by atoms with van der Waals surface area (Å²) in [7, 11) is 0. The molecule has 86 valence electrons. The number of nitrogens with one attached hydrogen (secondary N) is 1. The molecular weight excluding hydrogens is 186 g/mol. The van der Waals surface area contributed by atoms with Crippen LogP contribution in [-0.2, 0) is 13.1 Å². The molecule has 0 unspecified atom stereocenters. The molecule has 15 heavy (non-hydrogen) atoms. The van der Waals surface area contributed by atoms with Gasteiger partial charge < -0.3 is 5.32 Å². The van der Waals surface area contributed by atoms with Crippen LogP contribution >= 0.6 is 0 Å². The third kappa shape index (κ3) is 4.04. The van der Waals surface area contributed by atoms with E-state index in [-0.39, 0.29) is 5.54 Å². The number of hydrogen-bond donors (Lipinski definition) is 1. The fourth-order valence-electron chi connectivity index (χ4n) is 1.32. The van der Waals surface area contributed by atoms with Gasteiger partial charge in [0.2, 0.25) is 0 Å². The molecule has 0 atom stereocenters. The Labute approximate surface area is 92.9 Å². The first-order valence-corrected chi connectivity index (χ1v) is 5.83. The van der Waals surface area contributed by atoms with Crippen LogP contribution in [-0.4, -0.2) is 15.3 Å². The Balaban J connectivity index is 2.44. The first-order chi connectivity index (χ1) is 7.07. The average molecular weight is 209 g/mol. The second-order valence-corrected chi connectivity index (χ2v) is 4.70. The Morgan fingerprint density at radius 3 is 2.73 bits per heavy atom. The van der Waals surface area contributed by atoms with Gasteiger partial charge in [-0.25, -0.2) is 0 Å². The van der Waals surface area contributed by atoms with Crippen molar-refractivity contribution in [3.8, 4) is 0 Å². The Morgan fingerprint density at radius 1 is 1.40 bits per heavy atom. The predicted octanol–water partition coefficient (Wildman–Crippen LogP) is 2.57. The van der Waals surface area contributed by atoms with Crippen LogP contribution in [0.25, 0.3) is 0 Å². The number of rotatable bonds is 6. The highest BCUT2D eigenvalue weighted by Gasteiger charge is 2.13. The van der Waals surface area contributed by atoms with Crippen LogP contribution in [0.15, 0.2) is 12.4 Å². The maximum absolute atomic E-state index is 4.31. The highest BCUT2D eigenvalue weighted by Crippen LogP contribution is 2.08. The minimum atomic E-state index is 0.215. The number of aromatic nitrogens is 2. The maximum Gasteiger partial charge on any atom is 0.0534 e. The minimum Gasteiger partial charge on any atom is -0.308 e. The lowest BCUT2D eigenvalue weighted by atomic mass is 10.0. The van der Waals surface area contributed by atoms with Crippen molar-refractivity contribution in [3.05, 3.63) is 18.0 Å². The first kappa shape index (κ1) is 12.2. The smallest absolute Gasteiger partial charge is 0.0534 e. The highest BCUT2D eigenvalue weighted by atomic mass is 15.3. The van der Waals surface area contributed by atoms with Crippen molar-refractivity contribution in [1.29, 1.82) is 0 Å². The molecule has 0 bridgehead atoms. The highest BCUT2D eigenvalue weighted by molar-refractivity contribution is 5.04. The van der Waals surface area contributed by atoms with Crippen molar-refractivity contribution in [1.82, 2.24) is 15.1 Å². The topological polar surface area (TPSA) is 29.9 Å². The molecule has 3 heteroatoms. The summed E-state index contributed by atoms with van der Waals surface area (Å²) in [6.07, 6.45) is 6.35. The van der Waals surface area contributed by atoms with Gasteiger partial charge in [0.05, 0.1) is 6.20 Å². The number of hydrogen-bond acceptors (Lipinski definition) is 2. The summed E-state index contributed by atoms with van der Waals surface area (Å²) < 4.78 is 2.01. The molecule has 0 aliphatic heterocycles. The van der Waals surface area contributed by atoms with Crippen LogP contribution in [0.1, 0.15) is 46.1 Å². The van der Waals surface area contributed by atoms with E-state index >= 15 is 0 Å². The lowest BCUT2D eigenvalue weighted by Crippen LogP contribution is -2.37. The molecule has 0 aromatic carbocycles. The number of aryl methyl sites for hydroxylation is 1. The summed E-state index contributed by atoms with van der Waals surface area (Å²) in [6, 6.07) is 0. The quantitative estimate of drug-likeness (QED) is 0.780. The molecule has 0 aliphatic carbocycles. The van der Waals surface area contributed by atoms with Gasteiger partial charge in [-0.15, -0.1) is 0 Å². The Kier molecular flexibility index (Phi) is 4.33. The minimum absolute atomic E-state index is 0.215. The zero-order chi connectivity index (χ0) is 11.3. The van der Waals surface area contributed by atoms with E-state index < -0.39 is 0 Å². The zero-order valence-corrected chi connectivity index (χ0v) is 10.4. The summed E-state index contributed by atoms with van der Waals surface area (Å²) in [5, 5.41) is 7.84. The fourth-order valence-corrected chi connectivity index (χ4v) is 1.32. The van der Waals surface area contributed by atoms with Crippen molar-refractivity contribution in [2.24, 2.45) is 0 Å². The summed E-state index contributed by atoms with van der Waals surface area (Å²) in [5.74, 6) is 0. The molecule has 0 spiro atoms. The van der Waals surface area contributed by atoms with Crippen molar-refractivity contribution in [2.45, 2.75) is 59.2 Å². The van der Waals surface area contributed by atoms with E-state index in [9.17, 15) is 0 Å². The van der Waals surface area contributed by atoms with Crippen LogP contribution in [0.4, 0.5) is 0 Å². The molecule has 0 saturated heterocycles. The fraction of sp³-hybridized carbons (Fsp3) is 0.750. The molecule has 0 aliphatic rings. The van der Waals surface area contributed by atoms with Crippen molar-refractivity contribution in [2.75, 3.05) is 0 Å². The van der Waals surface area contributed by atoms with Gasteiger partial charge in [-0.1, -0.05) is 13.8 Å². The molecule has 0 amide bonds. The Hall–Kier alpha value is -0.830.